The second-order valence-corrected chi connectivity index (χ2v) is 13.1. The fourth-order valence-electron chi connectivity index (χ4n) is 8.27. The molecule has 1 aromatic carbocycles. The predicted octanol–water partition coefficient (Wildman–Crippen LogP) is 4.96. The van der Waals surface area contributed by atoms with Crippen LogP contribution in [0.25, 0.3) is 22.3 Å². The van der Waals surface area contributed by atoms with Gasteiger partial charge in [0.25, 0.3) is 0 Å². The van der Waals surface area contributed by atoms with Gasteiger partial charge in [-0.05, 0) is 107 Å². The molecular weight excluding hydrogens is 524 g/mol. The molecule has 6 heterocycles. The summed E-state index contributed by atoms with van der Waals surface area (Å²) >= 11 is 0. The number of aromatic hydroxyl groups is 1. The molecule has 1 saturated carbocycles. The van der Waals surface area contributed by atoms with E-state index in [-0.39, 0.29) is 11.8 Å². The summed E-state index contributed by atoms with van der Waals surface area (Å²) in [6.45, 7) is 7.87. The van der Waals surface area contributed by atoms with E-state index in [1.165, 1.54) is 81.5 Å². The zero-order chi connectivity index (χ0) is 28.3. The second-order valence-electron chi connectivity index (χ2n) is 13.1. The van der Waals surface area contributed by atoms with Crippen molar-refractivity contribution in [3.8, 4) is 17.0 Å². The average Bonchev–Trinajstić information content (AvgIpc) is 3.40. The van der Waals surface area contributed by atoms with Crippen LogP contribution in [-0.4, -0.2) is 73.9 Å². The molecule has 0 amide bonds. The number of aromatic nitrogens is 5. The lowest BCUT2D eigenvalue weighted by Crippen LogP contribution is -2.55. The summed E-state index contributed by atoms with van der Waals surface area (Å²) in [7, 11) is 0. The van der Waals surface area contributed by atoms with Crippen molar-refractivity contribution in [3.63, 3.8) is 0 Å². The van der Waals surface area contributed by atoms with Crippen molar-refractivity contribution in [1.29, 1.82) is 0 Å². The molecule has 218 valence electrons. The fourth-order valence-corrected chi connectivity index (χ4v) is 8.27. The molecule has 2 saturated heterocycles. The SMILES string of the molecule is C[C@@H]1c2c([nH]c3nnc(-c4ccccc4O)cc23)CCN1c1ncc(C2CCN(C3CC4(CCNCC4)C3)CC2)cn1. The van der Waals surface area contributed by atoms with Crippen molar-refractivity contribution in [1.82, 2.24) is 35.4 Å². The number of likely N-dealkylation sites (tertiary alicyclic amines) is 1. The smallest absolute Gasteiger partial charge is 0.225 e. The van der Waals surface area contributed by atoms with E-state index < -0.39 is 0 Å². The number of rotatable bonds is 4. The Bertz CT molecular complexity index is 1580. The molecule has 9 nitrogen and oxygen atoms in total. The molecule has 3 N–H and O–H groups in total. The van der Waals surface area contributed by atoms with Crippen LogP contribution < -0.4 is 10.2 Å². The van der Waals surface area contributed by atoms with E-state index >= 15 is 0 Å². The van der Waals surface area contributed by atoms with E-state index in [0.717, 1.165) is 36.0 Å². The van der Waals surface area contributed by atoms with Gasteiger partial charge in [0.2, 0.25) is 5.95 Å². The van der Waals surface area contributed by atoms with Crippen molar-refractivity contribution in [2.24, 2.45) is 5.41 Å². The number of anilines is 1. The Morgan fingerprint density at radius 3 is 2.50 bits per heavy atom. The zero-order valence-corrected chi connectivity index (χ0v) is 24.4. The molecule has 1 aliphatic carbocycles. The first-order chi connectivity index (χ1) is 20.6. The van der Waals surface area contributed by atoms with Gasteiger partial charge in [-0.25, -0.2) is 9.97 Å². The highest BCUT2D eigenvalue weighted by atomic mass is 16.3. The summed E-state index contributed by atoms with van der Waals surface area (Å²) in [5.41, 5.74) is 6.47. The number of hydrogen-bond donors (Lipinski definition) is 3. The predicted molar refractivity (Wildman–Crippen MR) is 164 cm³/mol. The van der Waals surface area contributed by atoms with Gasteiger partial charge >= 0.3 is 0 Å². The first kappa shape index (κ1) is 26.1. The maximum Gasteiger partial charge on any atom is 0.225 e. The highest BCUT2D eigenvalue weighted by Crippen LogP contribution is 2.50. The lowest BCUT2D eigenvalue weighted by Gasteiger charge is -2.55. The van der Waals surface area contributed by atoms with Crippen LogP contribution >= 0.6 is 0 Å². The van der Waals surface area contributed by atoms with Gasteiger partial charge in [-0.1, -0.05) is 12.1 Å². The Morgan fingerprint density at radius 2 is 1.74 bits per heavy atom. The van der Waals surface area contributed by atoms with Crippen LogP contribution in [0.5, 0.6) is 5.75 Å². The first-order valence-corrected chi connectivity index (χ1v) is 15.8. The van der Waals surface area contributed by atoms with Crippen molar-refractivity contribution < 1.29 is 5.11 Å². The van der Waals surface area contributed by atoms with Gasteiger partial charge in [0, 0.05) is 53.6 Å². The molecule has 0 bridgehead atoms. The molecule has 3 aromatic heterocycles. The van der Waals surface area contributed by atoms with Gasteiger partial charge in [-0.2, -0.15) is 0 Å². The number of para-hydroxylation sites is 1. The van der Waals surface area contributed by atoms with Gasteiger partial charge in [-0.3, -0.25) is 0 Å². The fraction of sp³-hybridized carbons (Fsp3) is 0.515. The Balaban J connectivity index is 0.952. The summed E-state index contributed by atoms with van der Waals surface area (Å²) in [6.07, 6.45) is 13.0. The molecular formula is C33H40N8O. The largest absolute Gasteiger partial charge is 0.507 e. The number of H-pyrrole nitrogens is 1. The monoisotopic (exact) mass is 564 g/mol. The normalized spacial score (nSPS) is 23.3. The number of aromatic amines is 1. The van der Waals surface area contributed by atoms with Crippen molar-refractivity contribution in [2.75, 3.05) is 37.6 Å². The highest BCUT2D eigenvalue weighted by Gasteiger charge is 2.47. The molecule has 0 radical (unpaired) electrons. The number of nitrogens with one attached hydrogen (secondary N) is 2. The minimum absolute atomic E-state index is 0.0868. The second kappa shape index (κ2) is 10.3. The number of hydrogen-bond acceptors (Lipinski definition) is 8. The molecule has 0 unspecified atom stereocenters. The Kier molecular flexibility index (Phi) is 6.41. The maximum atomic E-state index is 10.4. The molecule has 3 fully saturated rings. The van der Waals surface area contributed by atoms with E-state index in [1.807, 2.05) is 24.3 Å². The van der Waals surface area contributed by atoms with E-state index in [0.29, 0.717) is 22.6 Å². The van der Waals surface area contributed by atoms with Crippen LogP contribution in [0, 0.1) is 5.41 Å². The molecule has 1 atom stereocenters. The van der Waals surface area contributed by atoms with Crippen molar-refractivity contribution in [3.05, 3.63) is 59.5 Å². The molecule has 9 heteroatoms. The summed E-state index contributed by atoms with van der Waals surface area (Å²) < 4.78 is 0. The zero-order valence-electron chi connectivity index (χ0n) is 24.4. The number of piperidine rings is 2. The molecule has 42 heavy (non-hydrogen) atoms. The van der Waals surface area contributed by atoms with Gasteiger partial charge in [-0.15, -0.1) is 10.2 Å². The lowest BCUT2D eigenvalue weighted by atomic mass is 9.60. The van der Waals surface area contributed by atoms with Gasteiger partial charge in [0.05, 0.1) is 11.7 Å². The van der Waals surface area contributed by atoms with E-state index in [9.17, 15) is 5.11 Å². The summed E-state index contributed by atoms with van der Waals surface area (Å²) in [6, 6.07) is 10.2. The average molecular weight is 565 g/mol. The van der Waals surface area contributed by atoms with E-state index in [2.05, 4.69) is 49.6 Å². The number of nitrogens with zero attached hydrogens (tertiary/aromatic N) is 6. The van der Waals surface area contributed by atoms with Crippen LogP contribution in [0.4, 0.5) is 5.95 Å². The number of benzene rings is 1. The minimum Gasteiger partial charge on any atom is -0.507 e. The maximum absolute atomic E-state index is 10.4. The van der Waals surface area contributed by atoms with Crippen molar-refractivity contribution in [2.45, 2.75) is 69.9 Å². The third-order valence-corrected chi connectivity index (χ3v) is 10.8. The van der Waals surface area contributed by atoms with Gasteiger partial charge < -0.3 is 25.2 Å². The topological polar surface area (TPSA) is 106 Å². The Hall–Kier alpha value is -3.56. The van der Waals surface area contributed by atoms with Gasteiger partial charge in [0.15, 0.2) is 5.65 Å². The number of fused-ring (bicyclic) bond motifs is 3. The van der Waals surface area contributed by atoms with Crippen molar-refractivity contribution >= 4 is 17.0 Å². The number of phenols is 1. The summed E-state index contributed by atoms with van der Waals surface area (Å²) in [5, 5.41) is 23.8. The van der Waals surface area contributed by atoms with Gasteiger partial charge in [0.1, 0.15) is 5.75 Å². The summed E-state index contributed by atoms with van der Waals surface area (Å²) in [4.78, 5) is 18.4. The van der Waals surface area contributed by atoms with Crippen LogP contribution in [-0.2, 0) is 6.42 Å². The Labute approximate surface area is 246 Å². The molecule has 4 aliphatic rings. The van der Waals surface area contributed by atoms with Crippen LogP contribution in [0.1, 0.15) is 74.2 Å². The third-order valence-electron chi connectivity index (χ3n) is 10.8. The van der Waals surface area contributed by atoms with E-state index in [1.54, 1.807) is 6.07 Å². The molecule has 1 spiro atoms. The quantitative estimate of drug-likeness (QED) is 0.320. The lowest BCUT2D eigenvalue weighted by molar-refractivity contribution is -0.0292. The highest BCUT2D eigenvalue weighted by molar-refractivity contribution is 5.86. The minimum atomic E-state index is 0.0868. The van der Waals surface area contributed by atoms with E-state index in [4.69, 9.17) is 9.97 Å². The van der Waals surface area contributed by atoms with Crippen LogP contribution in [0.2, 0.25) is 0 Å². The Morgan fingerprint density at radius 1 is 0.976 bits per heavy atom. The summed E-state index contributed by atoms with van der Waals surface area (Å²) in [5.74, 6) is 1.54. The first-order valence-electron chi connectivity index (χ1n) is 15.8. The molecule has 3 aliphatic heterocycles. The van der Waals surface area contributed by atoms with Crippen LogP contribution in [0.15, 0.2) is 42.7 Å². The number of phenolic OH excluding ortho intramolecular Hbond substituents is 1. The molecule has 8 rings (SSSR count). The molecule has 4 aromatic rings. The van der Waals surface area contributed by atoms with Crippen LogP contribution in [0.3, 0.4) is 0 Å². The standard InChI is InChI=1S/C33H40N8O/c1-21-30-26-16-28(25-4-2-3-5-29(25)42)38-39-31(26)37-27(30)8-15-41(21)32-35-19-23(20-36-32)22-6-13-40(14-7-22)24-17-33(18-24)9-11-34-12-10-33/h2-5,16,19-22,24,34,42H,6-15,17-18H2,1H3,(H,37,39)/t21-/m1/s1. The third kappa shape index (κ3) is 4.45.